The fraction of sp³-hybridized carbons (Fsp3) is 0.467. The van der Waals surface area contributed by atoms with Gasteiger partial charge in [-0.2, -0.15) is 0 Å². The molecular weight excluding hydrogens is 254 g/mol. The minimum absolute atomic E-state index is 0.130. The maximum Gasteiger partial charge on any atom is 0.174 e. The Morgan fingerprint density at radius 3 is 3.00 bits per heavy atom. The van der Waals surface area contributed by atoms with Crippen molar-refractivity contribution in [3.05, 3.63) is 41.0 Å². The van der Waals surface area contributed by atoms with Gasteiger partial charge in [-0.25, -0.2) is 0 Å². The Morgan fingerprint density at radius 1 is 1.30 bits per heavy atom. The Kier molecular flexibility index (Phi) is 3.44. The minimum Gasteiger partial charge on any atom is -0.482 e. The molecule has 0 aliphatic carbocycles. The second-order valence-electron chi connectivity index (χ2n) is 5.14. The van der Waals surface area contributed by atoms with Crippen molar-refractivity contribution < 1.29 is 9.47 Å². The van der Waals surface area contributed by atoms with Crippen molar-refractivity contribution in [3.8, 4) is 5.75 Å². The van der Waals surface area contributed by atoms with E-state index in [4.69, 9.17) is 9.47 Å². The molecule has 1 aromatic carbocycles. The van der Waals surface area contributed by atoms with E-state index in [0.29, 0.717) is 13.2 Å². The molecule has 0 fully saturated rings. The van der Waals surface area contributed by atoms with Crippen LogP contribution in [0.2, 0.25) is 0 Å². The second kappa shape index (κ2) is 5.25. The van der Waals surface area contributed by atoms with Gasteiger partial charge in [-0.05, 0) is 38.0 Å². The van der Waals surface area contributed by atoms with Gasteiger partial charge in [0.1, 0.15) is 12.4 Å². The van der Waals surface area contributed by atoms with Gasteiger partial charge in [0, 0.05) is 6.54 Å². The molecule has 5 heteroatoms. The number of fused-ring (bicyclic) bond motifs is 1. The van der Waals surface area contributed by atoms with Crippen LogP contribution in [0.4, 0.5) is 0 Å². The molecule has 2 heterocycles. The zero-order valence-corrected chi connectivity index (χ0v) is 12.1. The lowest BCUT2D eigenvalue weighted by Crippen LogP contribution is -2.21. The third-order valence-corrected chi connectivity index (χ3v) is 3.77. The molecule has 0 amide bonds. The normalized spacial score (nSPS) is 15.8. The van der Waals surface area contributed by atoms with Crippen LogP contribution in [0.5, 0.6) is 5.75 Å². The predicted molar refractivity (Wildman–Crippen MR) is 74.6 cm³/mol. The predicted octanol–water partition coefficient (Wildman–Crippen LogP) is 2.57. The number of hydrogen-bond donors (Lipinski definition) is 0. The average Bonchev–Trinajstić information content (AvgIpc) is 2.88. The lowest BCUT2D eigenvalue weighted by atomic mass is 10.1. The van der Waals surface area contributed by atoms with Crippen molar-refractivity contribution in [1.29, 1.82) is 0 Å². The molecule has 3 rings (SSSR count). The van der Waals surface area contributed by atoms with E-state index in [9.17, 15) is 0 Å². The molecule has 0 saturated carbocycles. The molecule has 1 unspecified atom stereocenters. The SMILES string of the molecule is Cc1cccc(OC(C)c2nnc3n2CCOC3)c1C. The smallest absolute Gasteiger partial charge is 0.174 e. The van der Waals surface area contributed by atoms with Gasteiger partial charge in [-0.3, -0.25) is 0 Å². The molecule has 0 radical (unpaired) electrons. The summed E-state index contributed by atoms with van der Waals surface area (Å²) in [6.07, 6.45) is -0.130. The number of aromatic nitrogens is 3. The summed E-state index contributed by atoms with van der Waals surface area (Å²) in [5.74, 6) is 2.65. The summed E-state index contributed by atoms with van der Waals surface area (Å²) in [5, 5.41) is 8.42. The van der Waals surface area contributed by atoms with Gasteiger partial charge >= 0.3 is 0 Å². The Labute approximate surface area is 118 Å². The van der Waals surface area contributed by atoms with Gasteiger partial charge in [0.25, 0.3) is 0 Å². The van der Waals surface area contributed by atoms with E-state index in [0.717, 1.165) is 23.9 Å². The molecule has 1 aromatic heterocycles. The number of rotatable bonds is 3. The van der Waals surface area contributed by atoms with Crippen LogP contribution in [0.1, 0.15) is 35.8 Å². The number of aryl methyl sites for hydroxylation is 1. The van der Waals surface area contributed by atoms with Gasteiger partial charge in [0.15, 0.2) is 17.8 Å². The molecule has 0 N–H and O–H groups in total. The first-order chi connectivity index (χ1) is 9.66. The van der Waals surface area contributed by atoms with Gasteiger partial charge in [-0.15, -0.1) is 10.2 Å². The Morgan fingerprint density at radius 2 is 2.15 bits per heavy atom. The number of nitrogens with zero attached hydrogens (tertiary/aromatic N) is 3. The third kappa shape index (κ3) is 2.29. The van der Waals surface area contributed by atoms with Crippen molar-refractivity contribution in [2.45, 2.75) is 40.0 Å². The van der Waals surface area contributed by atoms with Crippen molar-refractivity contribution in [2.75, 3.05) is 6.61 Å². The summed E-state index contributed by atoms with van der Waals surface area (Å²) in [7, 11) is 0. The Balaban J connectivity index is 1.84. The van der Waals surface area contributed by atoms with Crippen molar-refractivity contribution in [2.24, 2.45) is 0 Å². The number of hydrogen-bond acceptors (Lipinski definition) is 4. The van der Waals surface area contributed by atoms with E-state index in [-0.39, 0.29) is 6.10 Å². The number of ether oxygens (including phenoxy) is 2. The molecule has 0 spiro atoms. The molecule has 20 heavy (non-hydrogen) atoms. The summed E-state index contributed by atoms with van der Waals surface area (Å²) >= 11 is 0. The van der Waals surface area contributed by atoms with E-state index in [2.05, 4.69) is 34.7 Å². The molecule has 0 bridgehead atoms. The highest BCUT2D eigenvalue weighted by molar-refractivity contribution is 5.38. The maximum absolute atomic E-state index is 6.07. The zero-order chi connectivity index (χ0) is 14.1. The Bertz CT molecular complexity index is 622. The zero-order valence-electron chi connectivity index (χ0n) is 12.1. The molecule has 2 aromatic rings. The standard InChI is InChI=1S/C15H19N3O2/c1-10-5-4-6-13(11(10)2)20-12(3)15-17-16-14-9-19-8-7-18(14)15/h4-6,12H,7-9H2,1-3H3. The second-order valence-corrected chi connectivity index (χ2v) is 5.14. The van der Waals surface area contributed by atoms with Gasteiger partial charge in [-0.1, -0.05) is 12.1 Å². The fourth-order valence-electron chi connectivity index (χ4n) is 2.41. The highest BCUT2D eigenvalue weighted by Gasteiger charge is 2.21. The lowest BCUT2D eigenvalue weighted by Gasteiger charge is -2.20. The first-order valence-corrected chi connectivity index (χ1v) is 6.89. The molecule has 106 valence electrons. The van der Waals surface area contributed by atoms with E-state index < -0.39 is 0 Å². The van der Waals surface area contributed by atoms with E-state index in [1.807, 2.05) is 19.1 Å². The molecular formula is C15H19N3O2. The Hall–Kier alpha value is -1.88. The quantitative estimate of drug-likeness (QED) is 0.862. The monoisotopic (exact) mass is 273 g/mol. The summed E-state index contributed by atoms with van der Waals surface area (Å²) in [5.41, 5.74) is 2.40. The lowest BCUT2D eigenvalue weighted by molar-refractivity contribution is 0.0778. The van der Waals surface area contributed by atoms with Crippen molar-refractivity contribution in [1.82, 2.24) is 14.8 Å². The average molecular weight is 273 g/mol. The maximum atomic E-state index is 6.07. The van der Waals surface area contributed by atoms with Crippen molar-refractivity contribution >= 4 is 0 Å². The largest absolute Gasteiger partial charge is 0.482 e. The molecule has 1 aliphatic rings. The summed E-state index contributed by atoms with van der Waals surface area (Å²) in [4.78, 5) is 0. The van der Waals surface area contributed by atoms with E-state index in [1.54, 1.807) is 0 Å². The van der Waals surface area contributed by atoms with Crippen LogP contribution in [-0.2, 0) is 17.9 Å². The molecule has 1 atom stereocenters. The van der Waals surface area contributed by atoms with Crippen LogP contribution in [0, 0.1) is 13.8 Å². The highest BCUT2D eigenvalue weighted by atomic mass is 16.5. The minimum atomic E-state index is -0.130. The summed E-state index contributed by atoms with van der Waals surface area (Å²) in [6.45, 7) is 8.19. The van der Waals surface area contributed by atoms with Crippen LogP contribution >= 0.6 is 0 Å². The first kappa shape index (κ1) is 13.1. The van der Waals surface area contributed by atoms with Crippen LogP contribution in [-0.4, -0.2) is 21.4 Å². The highest BCUT2D eigenvalue weighted by Crippen LogP contribution is 2.26. The van der Waals surface area contributed by atoms with Gasteiger partial charge in [0.05, 0.1) is 6.61 Å². The number of benzene rings is 1. The molecule has 1 aliphatic heterocycles. The van der Waals surface area contributed by atoms with Crippen LogP contribution in [0.15, 0.2) is 18.2 Å². The fourth-order valence-corrected chi connectivity index (χ4v) is 2.41. The molecule has 5 nitrogen and oxygen atoms in total. The van der Waals surface area contributed by atoms with Crippen LogP contribution in [0.25, 0.3) is 0 Å². The van der Waals surface area contributed by atoms with E-state index >= 15 is 0 Å². The van der Waals surface area contributed by atoms with E-state index in [1.165, 1.54) is 11.1 Å². The topological polar surface area (TPSA) is 49.2 Å². The van der Waals surface area contributed by atoms with Gasteiger partial charge in [0.2, 0.25) is 0 Å². The van der Waals surface area contributed by atoms with Gasteiger partial charge < -0.3 is 14.0 Å². The van der Waals surface area contributed by atoms with Crippen LogP contribution in [0.3, 0.4) is 0 Å². The van der Waals surface area contributed by atoms with Crippen molar-refractivity contribution in [3.63, 3.8) is 0 Å². The summed E-state index contributed by atoms with van der Waals surface area (Å²) < 4.78 is 13.5. The van der Waals surface area contributed by atoms with Crippen LogP contribution < -0.4 is 4.74 Å². The molecule has 0 saturated heterocycles. The third-order valence-electron chi connectivity index (χ3n) is 3.77. The first-order valence-electron chi connectivity index (χ1n) is 6.89. The summed E-state index contributed by atoms with van der Waals surface area (Å²) in [6, 6.07) is 6.09.